The Balaban J connectivity index is 1.38. The Labute approximate surface area is 200 Å². The van der Waals surface area contributed by atoms with Crippen molar-refractivity contribution in [1.29, 1.82) is 0 Å². The number of nitro benzene ring substituents is 2. The van der Waals surface area contributed by atoms with E-state index in [9.17, 15) is 20.2 Å². The first-order chi connectivity index (χ1) is 16.8. The summed E-state index contributed by atoms with van der Waals surface area (Å²) in [6.45, 7) is 3.49. The van der Waals surface area contributed by atoms with Gasteiger partial charge in [0, 0.05) is 24.3 Å². The molecule has 0 saturated heterocycles. The highest BCUT2D eigenvalue weighted by molar-refractivity contribution is 5.47. The smallest absolute Gasteiger partial charge is 0.269 e. The SMILES string of the molecule is Cc1cc([N+](=O)[O-])ccc1Oc1ccc(Oc2ccc(Oc3ccc([N+](=O)[O-])cc3C)cc2)cc1. The van der Waals surface area contributed by atoms with E-state index in [2.05, 4.69) is 0 Å². The van der Waals surface area contributed by atoms with Gasteiger partial charge in [-0.25, -0.2) is 0 Å². The van der Waals surface area contributed by atoms with Crippen LogP contribution >= 0.6 is 0 Å². The van der Waals surface area contributed by atoms with Crippen molar-refractivity contribution in [3.8, 4) is 34.5 Å². The van der Waals surface area contributed by atoms with Crippen LogP contribution in [-0.4, -0.2) is 9.85 Å². The number of rotatable bonds is 8. The van der Waals surface area contributed by atoms with Crippen molar-refractivity contribution in [3.05, 3.63) is 116 Å². The number of non-ortho nitro benzene ring substituents is 2. The van der Waals surface area contributed by atoms with Gasteiger partial charge in [-0.15, -0.1) is 0 Å². The predicted molar refractivity (Wildman–Crippen MR) is 129 cm³/mol. The molecule has 0 fully saturated rings. The van der Waals surface area contributed by atoms with Crippen LogP contribution < -0.4 is 14.2 Å². The van der Waals surface area contributed by atoms with Gasteiger partial charge in [0.2, 0.25) is 0 Å². The van der Waals surface area contributed by atoms with Gasteiger partial charge in [0.05, 0.1) is 9.85 Å². The molecule has 0 aliphatic carbocycles. The van der Waals surface area contributed by atoms with Gasteiger partial charge in [-0.2, -0.15) is 0 Å². The summed E-state index contributed by atoms with van der Waals surface area (Å²) in [5.74, 6) is 3.38. The third-order valence-corrected chi connectivity index (χ3v) is 5.08. The summed E-state index contributed by atoms with van der Waals surface area (Å²) in [5, 5.41) is 21.8. The molecule has 0 unspecified atom stereocenters. The second-order valence-electron chi connectivity index (χ2n) is 7.66. The van der Waals surface area contributed by atoms with Gasteiger partial charge in [-0.05, 0) is 85.6 Å². The van der Waals surface area contributed by atoms with Crippen molar-refractivity contribution in [1.82, 2.24) is 0 Å². The molecule has 4 rings (SSSR count). The van der Waals surface area contributed by atoms with E-state index in [1.54, 1.807) is 74.5 Å². The van der Waals surface area contributed by atoms with E-state index in [4.69, 9.17) is 14.2 Å². The van der Waals surface area contributed by atoms with Crippen molar-refractivity contribution in [2.75, 3.05) is 0 Å². The Bertz CT molecular complexity index is 1280. The van der Waals surface area contributed by atoms with Gasteiger partial charge in [-0.3, -0.25) is 20.2 Å². The van der Waals surface area contributed by atoms with Crippen molar-refractivity contribution in [2.24, 2.45) is 0 Å². The Morgan fingerprint density at radius 2 is 0.829 bits per heavy atom. The zero-order valence-electron chi connectivity index (χ0n) is 18.8. The number of hydrogen-bond acceptors (Lipinski definition) is 7. The van der Waals surface area contributed by atoms with Crippen LogP contribution in [0.1, 0.15) is 11.1 Å². The van der Waals surface area contributed by atoms with E-state index in [0.29, 0.717) is 45.6 Å². The Hall–Kier alpha value is -4.92. The zero-order valence-corrected chi connectivity index (χ0v) is 18.8. The quantitative estimate of drug-likeness (QED) is 0.193. The maximum atomic E-state index is 10.9. The largest absolute Gasteiger partial charge is 0.457 e. The first kappa shape index (κ1) is 23.2. The average Bonchev–Trinajstić information content (AvgIpc) is 2.83. The van der Waals surface area contributed by atoms with E-state index >= 15 is 0 Å². The second-order valence-corrected chi connectivity index (χ2v) is 7.66. The molecule has 0 aromatic heterocycles. The Morgan fingerprint density at radius 1 is 0.514 bits per heavy atom. The van der Waals surface area contributed by atoms with Crippen molar-refractivity contribution in [3.63, 3.8) is 0 Å². The van der Waals surface area contributed by atoms with Crippen molar-refractivity contribution < 1.29 is 24.1 Å². The van der Waals surface area contributed by atoms with Crippen LogP contribution in [0.25, 0.3) is 0 Å². The molecule has 4 aromatic rings. The standard InChI is InChI=1S/C26H20N2O7/c1-17-15-19(27(29)30)3-13-25(17)34-23-9-5-21(6-10-23)33-22-7-11-24(12-8-22)35-26-14-4-20(28(31)32)16-18(26)2/h3-16H,1-2H3. The third kappa shape index (κ3) is 5.72. The lowest BCUT2D eigenvalue weighted by molar-refractivity contribution is -0.385. The minimum Gasteiger partial charge on any atom is -0.457 e. The monoisotopic (exact) mass is 472 g/mol. The maximum Gasteiger partial charge on any atom is 0.269 e. The van der Waals surface area contributed by atoms with E-state index in [0.717, 1.165) is 0 Å². The minimum atomic E-state index is -0.446. The van der Waals surface area contributed by atoms with Gasteiger partial charge in [0.1, 0.15) is 34.5 Å². The highest BCUT2D eigenvalue weighted by Gasteiger charge is 2.11. The highest BCUT2D eigenvalue weighted by Crippen LogP contribution is 2.32. The molecule has 0 amide bonds. The van der Waals surface area contributed by atoms with Crippen LogP contribution in [0, 0.1) is 34.1 Å². The van der Waals surface area contributed by atoms with Crippen LogP contribution in [0.15, 0.2) is 84.9 Å². The number of nitrogens with zero attached hydrogens (tertiary/aromatic N) is 2. The van der Waals surface area contributed by atoms with Crippen LogP contribution in [0.5, 0.6) is 34.5 Å². The molecular weight excluding hydrogens is 452 g/mol. The summed E-state index contributed by atoms with van der Waals surface area (Å²) >= 11 is 0. The summed E-state index contributed by atoms with van der Waals surface area (Å²) in [5.41, 5.74) is 1.34. The Morgan fingerprint density at radius 3 is 1.11 bits per heavy atom. The summed E-state index contributed by atoms with van der Waals surface area (Å²) < 4.78 is 17.5. The van der Waals surface area contributed by atoms with Gasteiger partial charge in [0.25, 0.3) is 11.4 Å². The lowest BCUT2D eigenvalue weighted by atomic mass is 10.2. The summed E-state index contributed by atoms with van der Waals surface area (Å²) in [6.07, 6.45) is 0. The fraction of sp³-hybridized carbons (Fsp3) is 0.0769. The molecule has 35 heavy (non-hydrogen) atoms. The van der Waals surface area contributed by atoms with Crippen LogP contribution in [0.3, 0.4) is 0 Å². The molecule has 0 radical (unpaired) electrons. The van der Waals surface area contributed by atoms with E-state index < -0.39 is 9.85 Å². The third-order valence-electron chi connectivity index (χ3n) is 5.08. The van der Waals surface area contributed by atoms with Gasteiger partial charge < -0.3 is 14.2 Å². The molecule has 0 aliphatic heterocycles. The van der Waals surface area contributed by atoms with Gasteiger partial charge >= 0.3 is 0 Å². The molecule has 176 valence electrons. The maximum absolute atomic E-state index is 10.9. The summed E-state index contributed by atoms with van der Waals surface area (Å²) in [6, 6.07) is 22.8. The van der Waals surface area contributed by atoms with E-state index in [-0.39, 0.29) is 11.4 Å². The molecule has 0 spiro atoms. The van der Waals surface area contributed by atoms with Crippen molar-refractivity contribution >= 4 is 11.4 Å². The number of aryl methyl sites for hydroxylation is 2. The summed E-state index contributed by atoms with van der Waals surface area (Å²) in [4.78, 5) is 20.9. The first-order valence-electron chi connectivity index (χ1n) is 10.5. The van der Waals surface area contributed by atoms with Crippen molar-refractivity contribution in [2.45, 2.75) is 13.8 Å². The molecule has 0 heterocycles. The molecule has 0 bridgehead atoms. The average molecular weight is 472 g/mol. The van der Waals surface area contributed by atoms with Gasteiger partial charge in [-0.1, -0.05) is 0 Å². The summed E-state index contributed by atoms with van der Waals surface area (Å²) in [7, 11) is 0. The number of nitro groups is 2. The fourth-order valence-corrected chi connectivity index (χ4v) is 3.26. The van der Waals surface area contributed by atoms with Crippen LogP contribution in [0.2, 0.25) is 0 Å². The molecule has 9 nitrogen and oxygen atoms in total. The zero-order chi connectivity index (χ0) is 24.9. The molecule has 0 atom stereocenters. The molecule has 9 heteroatoms. The van der Waals surface area contributed by atoms with E-state index in [1.807, 2.05) is 0 Å². The minimum absolute atomic E-state index is 0.0119. The predicted octanol–water partition coefficient (Wildman–Crippen LogP) is 7.50. The Kier molecular flexibility index (Phi) is 6.59. The topological polar surface area (TPSA) is 114 Å². The molecule has 0 N–H and O–H groups in total. The van der Waals surface area contributed by atoms with E-state index in [1.165, 1.54) is 24.3 Å². The lowest BCUT2D eigenvalue weighted by Crippen LogP contribution is -1.92. The normalized spacial score (nSPS) is 10.5. The second kappa shape index (κ2) is 9.92. The molecule has 0 saturated carbocycles. The van der Waals surface area contributed by atoms with Gasteiger partial charge in [0.15, 0.2) is 0 Å². The lowest BCUT2D eigenvalue weighted by Gasteiger charge is -2.11. The molecule has 0 aliphatic rings. The number of hydrogen-bond donors (Lipinski definition) is 0. The number of ether oxygens (including phenoxy) is 3. The number of benzene rings is 4. The molecular formula is C26H20N2O7. The first-order valence-corrected chi connectivity index (χ1v) is 10.5. The molecule has 4 aromatic carbocycles. The van der Waals surface area contributed by atoms with Crippen LogP contribution in [-0.2, 0) is 0 Å². The highest BCUT2D eigenvalue weighted by atomic mass is 16.6. The fourth-order valence-electron chi connectivity index (χ4n) is 3.26. The van der Waals surface area contributed by atoms with Crippen LogP contribution in [0.4, 0.5) is 11.4 Å².